The Morgan fingerprint density at radius 2 is 2.00 bits per heavy atom. The molecule has 4 rings (SSSR count). The molecule has 1 aromatic heterocycles. The Hall–Kier alpha value is -3.13. The monoisotopic (exact) mass is 512 g/mol. The van der Waals surface area contributed by atoms with Crippen LogP contribution in [-0.2, 0) is 34.1 Å². The average Bonchev–Trinajstić information content (AvgIpc) is 3.31. The molecule has 0 unspecified atom stereocenters. The van der Waals surface area contributed by atoms with Crippen molar-refractivity contribution < 1.29 is 17.6 Å². The SMILES string of the molecule is [C-]#[N+]c1ccc(CN2Cc3sc(NC(=O)Cc4ccc(S(C)(=O)=O)cc4F)nc3[C@@H]2C(C)C)cc1. The zero-order chi connectivity index (χ0) is 25.3. The Labute approximate surface area is 208 Å². The average molecular weight is 513 g/mol. The summed E-state index contributed by atoms with van der Waals surface area (Å²) >= 11 is 1.41. The summed E-state index contributed by atoms with van der Waals surface area (Å²) in [5.74, 6) is -0.849. The second kappa shape index (κ2) is 9.85. The van der Waals surface area contributed by atoms with Gasteiger partial charge >= 0.3 is 0 Å². The molecule has 0 bridgehead atoms. The highest BCUT2D eigenvalue weighted by atomic mass is 32.2. The summed E-state index contributed by atoms with van der Waals surface area (Å²) in [6, 6.07) is 11.2. The van der Waals surface area contributed by atoms with Crippen molar-refractivity contribution in [1.82, 2.24) is 9.88 Å². The van der Waals surface area contributed by atoms with Gasteiger partial charge in [0.2, 0.25) is 5.91 Å². The van der Waals surface area contributed by atoms with Crippen LogP contribution in [0, 0.1) is 18.3 Å². The minimum Gasteiger partial charge on any atom is -0.302 e. The van der Waals surface area contributed by atoms with Gasteiger partial charge in [0.05, 0.1) is 29.6 Å². The number of sulfone groups is 1. The molecule has 1 N–H and O–H groups in total. The first kappa shape index (κ1) is 25.0. The van der Waals surface area contributed by atoms with Gasteiger partial charge in [0.25, 0.3) is 0 Å². The van der Waals surface area contributed by atoms with Crippen molar-refractivity contribution in [2.45, 2.75) is 44.3 Å². The van der Waals surface area contributed by atoms with Crippen molar-refractivity contribution in [3.05, 3.63) is 81.4 Å². The van der Waals surface area contributed by atoms with Gasteiger partial charge in [-0.1, -0.05) is 44.2 Å². The number of amides is 1. The fraction of sp³-hybridized carbons (Fsp3) is 0.320. The molecule has 7 nitrogen and oxygen atoms in total. The number of rotatable bonds is 7. The third-order valence-corrected chi connectivity index (χ3v) is 7.96. The van der Waals surface area contributed by atoms with Gasteiger partial charge in [0.15, 0.2) is 20.7 Å². The quantitative estimate of drug-likeness (QED) is 0.444. The van der Waals surface area contributed by atoms with E-state index in [1.807, 2.05) is 24.3 Å². The molecule has 0 fully saturated rings. The molecule has 1 atom stereocenters. The molecule has 0 radical (unpaired) electrons. The summed E-state index contributed by atoms with van der Waals surface area (Å²) < 4.78 is 37.5. The van der Waals surface area contributed by atoms with E-state index in [1.165, 1.54) is 23.5 Å². The minimum atomic E-state index is -3.52. The second-order valence-corrected chi connectivity index (χ2v) is 12.0. The van der Waals surface area contributed by atoms with Crippen LogP contribution in [0.15, 0.2) is 47.4 Å². The van der Waals surface area contributed by atoms with E-state index >= 15 is 0 Å². The van der Waals surface area contributed by atoms with Crippen molar-refractivity contribution in [3.63, 3.8) is 0 Å². The zero-order valence-corrected chi connectivity index (χ0v) is 21.2. The van der Waals surface area contributed by atoms with Crippen molar-refractivity contribution in [2.24, 2.45) is 5.92 Å². The normalized spacial score (nSPS) is 15.7. The Morgan fingerprint density at radius 1 is 1.29 bits per heavy atom. The molecule has 3 aromatic rings. The standard InChI is InChI=1S/C25H25FN4O3S2/c1-15(2)24-23-21(14-30(24)13-16-5-8-18(27-3)9-6-16)34-25(29-23)28-22(31)11-17-7-10-19(12-20(17)26)35(4,32)33/h5-10,12,15,24H,11,13-14H2,1-2,4H3,(H,28,29,31)/t24-/m0/s1. The zero-order valence-electron chi connectivity index (χ0n) is 19.6. The molecule has 2 heterocycles. The van der Waals surface area contributed by atoms with Crippen LogP contribution >= 0.6 is 11.3 Å². The third kappa shape index (κ3) is 5.59. The molecule has 1 aliphatic rings. The molecule has 0 saturated heterocycles. The summed E-state index contributed by atoms with van der Waals surface area (Å²) in [4.78, 5) is 24.0. The fourth-order valence-corrected chi connectivity index (χ4v) is 5.93. The number of anilines is 1. The van der Waals surface area contributed by atoms with E-state index in [9.17, 15) is 17.6 Å². The Kier molecular flexibility index (Phi) is 7.03. The van der Waals surface area contributed by atoms with Gasteiger partial charge in [-0.2, -0.15) is 0 Å². The van der Waals surface area contributed by atoms with E-state index in [1.54, 1.807) is 0 Å². The van der Waals surface area contributed by atoms with Gasteiger partial charge in [-0.15, -0.1) is 11.3 Å². The van der Waals surface area contributed by atoms with Crippen LogP contribution in [0.25, 0.3) is 4.85 Å². The van der Waals surface area contributed by atoms with Crippen LogP contribution in [0.2, 0.25) is 0 Å². The van der Waals surface area contributed by atoms with Crippen LogP contribution in [-0.4, -0.2) is 30.5 Å². The Balaban J connectivity index is 1.44. The largest absolute Gasteiger partial charge is 0.302 e. The van der Waals surface area contributed by atoms with Crippen molar-refractivity contribution in [2.75, 3.05) is 11.6 Å². The minimum absolute atomic E-state index is 0.0911. The van der Waals surface area contributed by atoms with Crippen LogP contribution in [0.4, 0.5) is 15.2 Å². The number of carbonyl (C=O) groups is 1. The molecular weight excluding hydrogens is 487 g/mol. The van der Waals surface area contributed by atoms with Crippen LogP contribution in [0.5, 0.6) is 0 Å². The smallest absolute Gasteiger partial charge is 0.230 e. The third-order valence-electron chi connectivity index (χ3n) is 5.88. The van der Waals surface area contributed by atoms with Gasteiger partial charge in [0.1, 0.15) is 5.82 Å². The molecule has 0 saturated carbocycles. The first-order valence-electron chi connectivity index (χ1n) is 11.0. The predicted octanol–water partition coefficient (Wildman–Crippen LogP) is 5.13. The van der Waals surface area contributed by atoms with E-state index in [2.05, 4.69) is 28.9 Å². The summed E-state index contributed by atoms with van der Waals surface area (Å²) in [6.07, 6.45) is 0.785. The maximum atomic E-state index is 14.3. The number of hydrogen-bond acceptors (Lipinski definition) is 6. The molecule has 10 heteroatoms. The Morgan fingerprint density at radius 3 is 2.60 bits per heavy atom. The van der Waals surface area contributed by atoms with E-state index < -0.39 is 21.6 Å². The second-order valence-electron chi connectivity index (χ2n) is 8.95. The van der Waals surface area contributed by atoms with Crippen LogP contribution < -0.4 is 5.32 Å². The lowest BCUT2D eigenvalue weighted by molar-refractivity contribution is -0.115. The number of benzene rings is 2. The molecule has 182 valence electrons. The molecule has 0 spiro atoms. The summed E-state index contributed by atoms with van der Waals surface area (Å²) in [6.45, 7) is 12.8. The maximum absolute atomic E-state index is 14.3. The van der Waals surface area contributed by atoms with Gasteiger partial charge in [0, 0.05) is 24.2 Å². The van der Waals surface area contributed by atoms with Crippen molar-refractivity contribution >= 4 is 37.9 Å². The number of aromatic nitrogens is 1. The molecule has 1 aliphatic heterocycles. The number of halogens is 1. The van der Waals surface area contributed by atoms with Crippen LogP contribution in [0.1, 0.15) is 41.6 Å². The van der Waals surface area contributed by atoms with Gasteiger partial charge in [-0.05, 0) is 29.2 Å². The van der Waals surface area contributed by atoms with Gasteiger partial charge in [-0.3, -0.25) is 9.69 Å². The molecular formula is C25H25FN4O3S2. The summed E-state index contributed by atoms with van der Waals surface area (Å²) in [7, 11) is -3.52. The molecule has 35 heavy (non-hydrogen) atoms. The van der Waals surface area contributed by atoms with E-state index in [-0.39, 0.29) is 22.9 Å². The highest BCUT2D eigenvalue weighted by molar-refractivity contribution is 7.90. The predicted molar refractivity (Wildman–Crippen MR) is 133 cm³/mol. The van der Waals surface area contributed by atoms with Gasteiger partial charge in [-0.25, -0.2) is 22.6 Å². The molecule has 2 aromatic carbocycles. The first-order chi connectivity index (χ1) is 16.5. The molecule has 1 amide bonds. The maximum Gasteiger partial charge on any atom is 0.230 e. The molecule has 0 aliphatic carbocycles. The van der Waals surface area contributed by atoms with E-state index in [0.717, 1.165) is 35.0 Å². The number of fused-ring (bicyclic) bond motifs is 1. The Bertz CT molecular complexity index is 1410. The first-order valence-corrected chi connectivity index (χ1v) is 13.7. The van der Waals surface area contributed by atoms with Crippen molar-refractivity contribution in [1.29, 1.82) is 0 Å². The van der Waals surface area contributed by atoms with E-state index in [0.29, 0.717) is 23.3 Å². The van der Waals surface area contributed by atoms with Crippen molar-refractivity contribution in [3.8, 4) is 0 Å². The van der Waals surface area contributed by atoms with E-state index in [4.69, 9.17) is 11.6 Å². The lowest BCUT2D eigenvalue weighted by atomic mass is 10.0. The topological polar surface area (TPSA) is 83.7 Å². The number of nitrogens with one attached hydrogen (secondary N) is 1. The summed E-state index contributed by atoms with van der Waals surface area (Å²) in [5, 5.41) is 3.24. The number of thiazole rings is 1. The van der Waals surface area contributed by atoms with Gasteiger partial charge < -0.3 is 5.32 Å². The highest BCUT2D eigenvalue weighted by Gasteiger charge is 2.36. The fourth-order valence-electron chi connectivity index (χ4n) is 4.26. The lowest BCUT2D eigenvalue weighted by Crippen LogP contribution is -2.26. The highest BCUT2D eigenvalue weighted by Crippen LogP contribution is 2.43. The number of nitrogens with zero attached hydrogens (tertiary/aromatic N) is 3. The number of hydrogen-bond donors (Lipinski definition) is 1. The summed E-state index contributed by atoms with van der Waals surface area (Å²) in [5.41, 5.74) is 2.80. The number of carbonyl (C=O) groups excluding carboxylic acids is 1. The van der Waals surface area contributed by atoms with Crippen LogP contribution in [0.3, 0.4) is 0 Å². The lowest BCUT2D eigenvalue weighted by Gasteiger charge is -2.27.